The van der Waals surface area contributed by atoms with Crippen LogP contribution in [0.25, 0.3) is 0 Å². The number of likely N-dealkylation sites (tertiary alicyclic amines) is 1. The first-order valence-electron chi connectivity index (χ1n) is 6.83. The molecule has 1 fully saturated rings. The van der Waals surface area contributed by atoms with E-state index in [9.17, 15) is 21.6 Å². The smallest absolute Gasteiger partial charge is 0.324 e. The highest BCUT2D eigenvalue weighted by Crippen LogP contribution is 2.25. The molecule has 0 radical (unpaired) electrons. The fraction of sp³-hybridized carbons (Fsp3) is 1.00. The minimum absolute atomic E-state index is 0.380. The lowest BCUT2D eigenvalue weighted by molar-refractivity contribution is -0.140. The van der Waals surface area contributed by atoms with Gasteiger partial charge in [-0.3, -0.25) is 0 Å². The summed E-state index contributed by atoms with van der Waals surface area (Å²) < 4.78 is 61.5. The van der Waals surface area contributed by atoms with E-state index in [4.69, 9.17) is 5.73 Å². The zero-order chi connectivity index (χ0) is 16.5. The molecule has 0 aromatic rings. The molecule has 0 amide bonds. The molecule has 21 heavy (non-hydrogen) atoms. The van der Waals surface area contributed by atoms with Gasteiger partial charge in [-0.2, -0.15) is 17.5 Å². The largest absolute Gasteiger partial charge is 0.402 e. The summed E-state index contributed by atoms with van der Waals surface area (Å²) in [5, 5.41) is 0. The van der Waals surface area contributed by atoms with E-state index in [0.717, 1.165) is 6.26 Å². The molecular formula is C12H24F3N3O2S. The standard InChI is InChI=1S/C12H24F3N3O2S/c1-11(2,16)8-17-6-4-10(5-7-17)18(21(3,19)20)9-12(13,14)15/h10H,4-9,16H2,1-3H3. The van der Waals surface area contributed by atoms with Gasteiger partial charge in [-0.25, -0.2) is 8.42 Å². The Morgan fingerprint density at radius 2 is 1.71 bits per heavy atom. The number of sulfonamides is 1. The van der Waals surface area contributed by atoms with Crippen LogP contribution in [0, 0.1) is 0 Å². The number of hydrogen-bond acceptors (Lipinski definition) is 4. The second kappa shape index (κ2) is 6.39. The molecule has 0 aliphatic carbocycles. The Kier molecular flexibility index (Phi) is 5.68. The maximum Gasteiger partial charge on any atom is 0.402 e. The molecule has 1 rings (SSSR count). The lowest BCUT2D eigenvalue weighted by Crippen LogP contribution is -2.53. The first-order valence-corrected chi connectivity index (χ1v) is 8.67. The second-order valence-corrected chi connectivity index (χ2v) is 8.35. The lowest BCUT2D eigenvalue weighted by Gasteiger charge is -2.39. The van der Waals surface area contributed by atoms with Gasteiger partial charge >= 0.3 is 6.18 Å². The van der Waals surface area contributed by atoms with Crippen molar-refractivity contribution >= 4 is 10.0 Å². The highest BCUT2D eigenvalue weighted by Gasteiger charge is 2.39. The van der Waals surface area contributed by atoms with E-state index in [1.807, 2.05) is 13.8 Å². The SMILES string of the molecule is CC(C)(N)CN1CCC(N(CC(F)(F)F)S(C)(=O)=O)CC1. The summed E-state index contributed by atoms with van der Waals surface area (Å²) in [5.41, 5.74) is 5.54. The summed E-state index contributed by atoms with van der Waals surface area (Å²) in [6, 6.07) is -0.598. The van der Waals surface area contributed by atoms with Crippen LogP contribution >= 0.6 is 0 Å². The van der Waals surface area contributed by atoms with Crippen LogP contribution in [0.15, 0.2) is 0 Å². The van der Waals surface area contributed by atoms with Crippen LogP contribution in [-0.4, -0.2) is 67.8 Å². The fourth-order valence-corrected chi connectivity index (χ4v) is 3.77. The van der Waals surface area contributed by atoms with E-state index < -0.39 is 28.8 Å². The van der Waals surface area contributed by atoms with Gasteiger partial charge in [0.05, 0.1) is 6.26 Å². The molecule has 9 heteroatoms. The lowest BCUT2D eigenvalue weighted by atomic mass is 10.0. The Hall–Kier alpha value is -0.380. The van der Waals surface area contributed by atoms with Gasteiger partial charge in [-0.1, -0.05) is 0 Å². The molecule has 0 atom stereocenters. The van der Waals surface area contributed by atoms with Crippen LogP contribution in [0.3, 0.4) is 0 Å². The van der Waals surface area contributed by atoms with Crippen molar-refractivity contribution in [3.05, 3.63) is 0 Å². The molecule has 0 aromatic carbocycles. The van der Waals surface area contributed by atoms with Gasteiger partial charge < -0.3 is 10.6 Å². The zero-order valence-electron chi connectivity index (χ0n) is 12.7. The summed E-state index contributed by atoms with van der Waals surface area (Å²) in [5.74, 6) is 0. The van der Waals surface area contributed by atoms with Gasteiger partial charge in [0, 0.05) is 18.1 Å². The Morgan fingerprint density at radius 1 is 1.24 bits per heavy atom. The van der Waals surface area contributed by atoms with Crippen molar-refractivity contribution in [3.8, 4) is 0 Å². The first-order chi connectivity index (χ1) is 9.28. The van der Waals surface area contributed by atoms with E-state index in [0.29, 0.717) is 36.8 Å². The number of nitrogens with two attached hydrogens (primary N) is 1. The van der Waals surface area contributed by atoms with Crippen LogP contribution in [0.2, 0.25) is 0 Å². The van der Waals surface area contributed by atoms with E-state index in [2.05, 4.69) is 4.90 Å². The van der Waals surface area contributed by atoms with Gasteiger partial charge in [-0.15, -0.1) is 0 Å². The number of alkyl halides is 3. The Bertz CT molecular complexity index is 438. The van der Waals surface area contributed by atoms with Crippen molar-refractivity contribution in [1.82, 2.24) is 9.21 Å². The highest BCUT2D eigenvalue weighted by molar-refractivity contribution is 7.88. The summed E-state index contributed by atoms with van der Waals surface area (Å²) in [6.07, 6.45) is -2.92. The molecule has 126 valence electrons. The maximum absolute atomic E-state index is 12.6. The van der Waals surface area contributed by atoms with Crippen LogP contribution in [0.4, 0.5) is 13.2 Å². The molecule has 0 bridgehead atoms. The topological polar surface area (TPSA) is 66.6 Å². The summed E-state index contributed by atoms with van der Waals surface area (Å²) in [4.78, 5) is 2.06. The number of hydrogen-bond donors (Lipinski definition) is 1. The van der Waals surface area contributed by atoms with Crippen molar-refractivity contribution in [1.29, 1.82) is 0 Å². The molecular weight excluding hydrogens is 307 g/mol. The minimum Gasteiger partial charge on any atom is -0.324 e. The van der Waals surface area contributed by atoms with Crippen molar-refractivity contribution in [2.24, 2.45) is 5.73 Å². The van der Waals surface area contributed by atoms with E-state index in [1.54, 1.807) is 0 Å². The minimum atomic E-state index is -4.53. The predicted molar refractivity (Wildman–Crippen MR) is 75.3 cm³/mol. The predicted octanol–water partition coefficient (Wildman–Crippen LogP) is 1.01. The second-order valence-electron chi connectivity index (χ2n) is 6.42. The quantitative estimate of drug-likeness (QED) is 0.817. The van der Waals surface area contributed by atoms with Gasteiger partial charge in [0.1, 0.15) is 6.54 Å². The van der Waals surface area contributed by atoms with Crippen molar-refractivity contribution in [2.45, 2.75) is 44.4 Å². The molecule has 1 aliphatic heterocycles. The number of halogens is 3. The third-order valence-corrected chi connectivity index (χ3v) is 4.64. The molecule has 0 saturated carbocycles. The van der Waals surface area contributed by atoms with E-state index in [-0.39, 0.29) is 5.54 Å². The molecule has 5 nitrogen and oxygen atoms in total. The number of nitrogens with zero attached hydrogens (tertiary/aromatic N) is 2. The number of piperidine rings is 1. The van der Waals surface area contributed by atoms with Crippen LogP contribution in [0.5, 0.6) is 0 Å². The Labute approximate surface area is 124 Å². The average molecular weight is 331 g/mol. The highest BCUT2D eigenvalue weighted by atomic mass is 32.2. The molecule has 0 aromatic heterocycles. The van der Waals surface area contributed by atoms with Crippen molar-refractivity contribution in [2.75, 3.05) is 32.4 Å². The van der Waals surface area contributed by atoms with Crippen LogP contribution < -0.4 is 5.73 Å². The molecule has 1 heterocycles. The zero-order valence-corrected chi connectivity index (χ0v) is 13.5. The first kappa shape index (κ1) is 18.7. The third-order valence-electron chi connectivity index (χ3n) is 3.36. The normalized spacial score (nSPS) is 20.2. The number of rotatable bonds is 5. The van der Waals surface area contributed by atoms with Crippen LogP contribution in [-0.2, 0) is 10.0 Å². The van der Waals surface area contributed by atoms with Crippen molar-refractivity contribution < 1.29 is 21.6 Å². The monoisotopic (exact) mass is 331 g/mol. The van der Waals surface area contributed by atoms with Gasteiger partial charge in [0.25, 0.3) is 0 Å². The molecule has 0 unspecified atom stereocenters. The van der Waals surface area contributed by atoms with E-state index in [1.165, 1.54) is 0 Å². The maximum atomic E-state index is 12.6. The van der Waals surface area contributed by atoms with Crippen LogP contribution in [0.1, 0.15) is 26.7 Å². The summed E-state index contributed by atoms with van der Waals surface area (Å²) in [7, 11) is -3.88. The molecule has 1 saturated heterocycles. The van der Waals surface area contributed by atoms with Gasteiger partial charge in [0.2, 0.25) is 10.0 Å². The molecule has 2 N–H and O–H groups in total. The van der Waals surface area contributed by atoms with Gasteiger partial charge in [0.15, 0.2) is 0 Å². The molecule has 0 spiro atoms. The summed E-state index contributed by atoms with van der Waals surface area (Å²) >= 11 is 0. The molecule has 1 aliphatic rings. The fourth-order valence-electron chi connectivity index (χ4n) is 2.64. The van der Waals surface area contributed by atoms with E-state index >= 15 is 0 Å². The Balaban J connectivity index is 2.68. The third kappa shape index (κ3) is 6.94. The van der Waals surface area contributed by atoms with Crippen molar-refractivity contribution in [3.63, 3.8) is 0 Å². The summed E-state index contributed by atoms with van der Waals surface area (Å²) in [6.45, 7) is 4.08. The Morgan fingerprint density at radius 3 is 2.05 bits per heavy atom. The van der Waals surface area contributed by atoms with Gasteiger partial charge in [-0.05, 0) is 39.8 Å². The average Bonchev–Trinajstić information content (AvgIpc) is 2.22.